The molecule has 0 spiro atoms. The average Bonchev–Trinajstić information content (AvgIpc) is 3.24. The van der Waals surface area contributed by atoms with Crippen molar-refractivity contribution in [2.75, 3.05) is 4.90 Å². The van der Waals surface area contributed by atoms with Gasteiger partial charge in [0.2, 0.25) is 0 Å². The number of benzene rings is 2. The van der Waals surface area contributed by atoms with Gasteiger partial charge in [-0.3, -0.25) is 9.69 Å². The number of nitrogens with zero attached hydrogens (tertiary/aromatic N) is 2. The summed E-state index contributed by atoms with van der Waals surface area (Å²) in [6.45, 7) is 0. The van der Waals surface area contributed by atoms with Gasteiger partial charge in [0.05, 0.1) is 10.4 Å². The highest BCUT2D eigenvalue weighted by atomic mass is 32.2. The summed E-state index contributed by atoms with van der Waals surface area (Å²) in [6.07, 6.45) is 3.48. The van der Waals surface area contributed by atoms with Gasteiger partial charge < -0.3 is 10.2 Å². The van der Waals surface area contributed by atoms with Crippen molar-refractivity contribution in [1.29, 1.82) is 0 Å². The van der Waals surface area contributed by atoms with Crippen molar-refractivity contribution in [3.63, 3.8) is 0 Å². The molecular weight excluding hydrogens is 384 g/mol. The van der Waals surface area contributed by atoms with E-state index in [4.69, 9.17) is 5.11 Å². The lowest BCUT2D eigenvalue weighted by molar-refractivity contribution is -0.158. The van der Waals surface area contributed by atoms with E-state index in [1.165, 1.54) is 36.7 Å². The second kappa shape index (κ2) is 6.04. The first-order chi connectivity index (χ1) is 13.2. The number of carbonyl (C=O) groups is 2. The van der Waals surface area contributed by atoms with Gasteiger partial charge in [0.25, 0.3) is 21.5 Å². The van der Waals surface area contributed by atoms with Crippen LogP contribution in [0.1, 0.15) is 0 Å². The minimum Gasteiger partial charge on any atom is -0.478 e. The third-order valence-electron chi connectivity index (χ3n) is 4.55. The summed E-state index contributed by atoms with van der Waals surface area (Å²) >= 11 is 0. The molecule has 1 aromatic heterocycles. The Morgan fingerprint density at radius 1 is 1.04 bits per heavy atom. The van der Waals surface area contributed by atoms with Gasteiger partial charge in [0.15, 0.2) is 0 Å². The van der Waals surface area contributed by atoms with Crippen molar-refractivity contribution in [3.05, 3.63) is 73.1 Å². The van der Waals surface area contributed by atoms with Crippen LogP contribution in [0.5, 0.6) is 0 Å². The number of amides is 1. The molecule has 9 heteroatoms. The SMILES string of the molecule is O=C(O)C1(O)C=CN(c2ccc3c(ccn3S(=O)(=O)c3ccccc3)c2)C1=O. The van der Waals surface area contributed by atoms with Gasteiger partial charge in [0.1, 0.15) is 0 Å². The highest BCUT2D eigenvalue weighted by molar-refractivity contribution is 7.90. The number of carboxylic acids is 1. The molecule has 0 fully saturated rings. The fourth-order valence-electron chi connectivity index (χ4n) is 3.04. The molecule has 2 N–H and O–H groups in total. The van der Waals surface area contributed by atoms with Crippen molar-refractivity contribution in [2.24, 2.45) is 0 Å². The van der Waals surface area contributed by atoms with E-state index < -0.39 is 27.5 Å². The first kappa shape index (κ1) is 18.0. The molecule has 142 valence electrons. The standard InChI is InChI=1S/C19H14N2O6S/c22-17-19(25,18(23)24)9-11-20(17)14-6-7-16-13(12-14)8-10-21(16)28(26,27)15-4-2-1-3-5-15/h1-12,25H,(H,23,24). The summed E-state index contributed by atoms with van der Waals surface area (Å²) < 4.78 is 26.8. The molecule has 2 heterocycles. The van der Waals surface area contributed by atoms with Crippen molar-refractivity contribution in [3.8, 4) is 0 Å². The van der Waals surface area contributed by atoms with Crippen LogP contribution in [0.3, 0.4) is 0 Å². The maximum absolute atomic E-state index is 12.9. The molecule has 1 unspecified atom stereocenters. The van der Waals surface area contributed by atoms with Crippen LogP contribution in [0.25, 0.3) is 10.9 Å². The van der Waals surface area contributed by atoms with Crippen LogP contribution >= 0.6 is 0 Å². The predicted molar refractivity (Wildman–Crippen MR) is 100 cm³/mol. The van der Waals surface area contributed by atoms with E-state index in [1.807, 2.05) is 0 Å². The summed E-state index contributed by atoms with van der Waals surface area (Å²) in [7, 11) is -3.79. The van der Waals surface area contributed by atoms with Gasteiger partial charge in [-0.1, -0.05) is 18.2 Å². The van der Waals surface area contributed by atoms with Crippen LogP contribution in [-0.4, -0.2) is 40.1 Å². The number of anilines is 1. The lowest BCUT2D eigenvalue weighted by Crippen LogP contribution is -2.47. The van der Waals surface area contributed by atoms with Crippen LogP contribution in [0.2, 0.25) is 0 Å². The maximum Gasteiger partial charge on any atom is 0.350 e. The zero-order chi connectivity index (χ0) is 20.1. The number of carboxylic acid groups (broad SMARTS) is 1. The van der Waals surface area contributed by atoms with Gasteiger partial charge >= 0.3 is 5.97 Å². The largest absolute Gasteiger partial charge is 0.478 e. The average molecular weight is 398 g/mol. The van der Waals surface area contributed by atoms with Gasteiger partial charge in [0, 0.05) is 23.5 Å². The highest BCUT2D eigenvalue weighted by Gasteiger charge is 2.48. The monoisotopic (exact) mass is 398 g/mol. The fraction of sp³-hybridized carbons (Fsp3) is 0.0526. The molecule has 3 aromatic rings. The predicted octanol–water partition coefficient (Wildman–Crippen LogP) is 1.55. The Hall–Kier alpha value is -3.43. The van der Waals surface area contributed by atoms with E-state index in [-0.39, 0.29) is 4.90 Å². The third-order valence-corrected chi connectivity index (χ3v) is 6.26. The van der Waals surface area contributed by atoms with Crippen molar-refractivity contribution >= 4 is 38.5 Å². The van der Waals surface area contributed by atoms with Crippen molar-refractivity contribution < 1.29 is 28.2 Å². The Bertz CT molecular complexity index is 1250. The molecular formula is C19H14N2O6S. The van der Waals surface area contributed by atoms with Gasteiger partial charge in [-0.05, 0) is 42.5 Å². The molecule has 4 rings (SSSR count). The Labute approximate surface area is 159 Å². The maximum atomic E-state index is 12.9. The Morgan fingerprint density at radius 2 is 1.75 bits per heavy atom. The van der Waals surface area contributed by atoms with E-state index in [9.17, 15) is 23.1 Å². The number of hydrogen-bond donors (Lipinski definition) is 2. The molecule has 0 radical (unpaired) electrons. The first-order valence-electron chi connectivity index (χ1n) is 8.16. The molecule has 0 saturated carbocycles. The molecule has 1 amide bonds. The number of aromatic nitrogens is 1. The van der Waals surface area contributed by atoms with Gasteiger partial charge in [-0.25, -0.2) is 17.2 Å². The molecule has 1 aliphatic heterocycles. The molecule has 8 nitrogen and oxygen atoms in total. The number of rotatable bonds is 4. The van der Waals surface area contributed by atoms with Crippen LogP contribution < -0.4 is 4.90 Å². The van der Waals surface area contributed by atoms with E-state index in [2.05, 4.69) is 0 Å². The minimum absolute atomic E-state index is 0.140. The third kappa shape index (κ3) is 2.52. The fourth-order valence-corrected chi connectivity index (χ4v) is 4.42. The normalized spacial score (nSPS) is 19.5. The number of carbonyl (C=O) groups excluding carboxylic acids is 1. The van der Waals surface area contributed by atoms with E-state index in [0.717, 1.165) is 14.9 Å². The molecule has 0 bridgehead atoms. The molecule has 0 aliphatic carbocycles. The summed E-state index contributed by atoms with van der Waals surface area (Å²) in [6, 6.07) is 14.1. The van der Waals surface area contributed by atoms with Gasteiger partial charge in [-0.2, -0.15) is 0 Å². The summed E-state index contributed by atoms with van der Waals surface area (Å²) in [4.78, 5) is 24.6. The Balaban J connectivity index is 1.75. The number of aliphatic hydroxyl groups is 1. The lowest BCUT2D eigenvalue weighted by atomic mass is 10.1. The van der Waals surface area contributed by atoms with E-state index in [0.29, 0.717) is 16.6 Å². The van der Waals surface area contributed by atoms with Crippen LogP contribution in [0.4, 0.5) is 5.69 Å². The number of aliphatic carboxylic acids is 1. The summed E-state index contributed by atoms with van der Waals surface area (Å²) in [5.41, 5.74) is -1.91. The van der Waals surface area contributed by atoms with Crippen LogP contribution in [0.15, 0.2) is 78.0 Å². The van der Waals surface area contributed by atoms with Crippen molar-refractivity contribution in [2.45, 2.75) is 10.5 Å². The quantitative estimate of drug-likeness (QED) is 0.644. The zero-order valence-corrected chi connectivity index (χ0v) is 15.1. The molecule has 28 heavy (non-hydrogen) atoms. The van der Waals surface area contributed by atoms with Crippen LogP contribution in [-0.2, 0) is 19.6 Å². The van der Waals surface area contributed by atoms with Crippen molar-refractivity contribution in [1.82, 2.24) is 3.97 Å². The highest BCUT2D eigenvalue weighted by Crippen LogP contribution is 2.30. The van der Waals surface area contributed by atoms with E-state index >= 15 is 0 Å². The van der Waals surface area contributed by atoms with Crippen LogP contribution in [0, 0.1) is 0 Å². The zero-order valence-electron chi connectivity index (χ0n) is 14.3. The lowest BCUT2D eigenvalue weighted by Gasteiger charge is -2.19. The summed E-state index contributed by atoms with van der Waals surface area (Å²) in [5.74, 6) is -2.69. The molecule has 1 atom stereocenters. The summed E-state index contributed by atoms with van der Waals surface area (Å²) in [5, 5.41) is 19.6. The smallest absolute Gasteiger partial charge is 0.350 e. The first-order valence-corrected chi connectivity index (χ1v) is 9.60. The topological polar surface area (TPSA) is 117 Å². The second-order valence-electron chi connectivity index (χ2n) is 6.24. The molecule has 2 aromatic carbocycles. The Kier molecular flexibility index (Phi) is 3.88. The minimum atomic E-state index is -3.79. The van der Waals surface area contributed by atoms with Gasteiger partial charge in [-0.15, -0.1) is 0 Å². The number of hydrogen-bond acceptors (Lipinski definition) is 5. The van der Waals surface area contributed by atoms with E-state index in [1.54, 1.807) is 30.3 Å². The molecule has 0 saturated heterocycles. The molecule has 1 aliphatic rings. The second-order valence-corrected chi connectivity index (χ2v) is 8.05. The number of fused-ring (bicyclic) bond motifs is 1. The Morgan fingerprint density at radius 3 is 2.39 bits per heavy atom.